The Balaban J connectivity index is 1.35. The number of benzene rings is 1. The van der Waals surface area contributed by atoms with Crippen molar-refractivity contribution in [3.05, 3.63) is 66.1 Å². The molecule has 1 saturated heterocycles. The van der Waals surface area contributed by atoms with Gasteiger partial charge in [-0.05, 0) is 73.6 Å². The van der Waals surface area contributed by atoms with Crippen molar-refractivity contribution < 1.29 is 4.74 Å². The molecule has 1 aliphatic heterocycles. The Morgan fingerprint density at radius 3 is 2.67 bits per heavy atom. The number of aromatic nitrogens is 4. The zero-order chi connectivity index (χ0) is 22.2. The summed E-state index contributed by atoms with van der Waals surface area (Å²) in [6.07, 6.45) is 8.05. The molecule has 2 aliphatic rings. The van der Waals surface area contributed by atoms with Crippen LogP contribution in [0.25, 0.3) is 22.3 Å². The predicted octanol–water partition coefficient (Wildman–Crippen LogP) is 5.34. The number of anilines is 2. The van der Waals surface area contributed by atoms with E-state index in [1.807, 2.05) is 6.33 Å². The van der Waals surface area contributed by atoms with Gasteiger partial charge in [-0.15, -0.1) is 0 Å². The summed E-state index contributed by atoms with van der Waals surface area (Å²) in [5, 5.41) is 12.5. The zero-order valence-electron chi connectivity index (χ0n) is 18.2. The summed E-state index contributed by atoms with van der Waals surface area (Å²) in [5.74, 6) is 1.94. The maximum atomic E-state index is 9.18. The molecule has 7 heteroatoms. The van der Waals surface area contributed by atoms with Gasteiger partial charge in [0.15, 0.2) is 0 Å². The molecule has 4 heterocycles. The highest BCUT2D eigenvalue weighted by molar-refractivity contribution is 5.82. The number of rotatable bonds is 5. The van der Waals surface area contributed by atoms with Gasteiger partial charge in [-0.1, -0.05) is 6.07 Å². The van der Waals surface area contributed by atoms with Crippen LogP contribution in [0.3, 0.4) is 0 Å². The first kappa shape index (κ1) is 19.9. The molecule has 3 aromatic heterocycles. The Hall–Kier alpha value is -3.76. The van der Waals surface area contributed by atoms with E-state index in [1.165, 1.54) is 18.4 Å². The lowest BCUT2D eigenvalue weighted by Gasteiger charge is -2.23. The molecule has 7 nitrogen and oxygen atoms in total. The van der Waals surface area contributed by atoms with Gasteiger partial charge in [0.25, 0.3) is 0 Å². The third kappa shape index (κ3) is 4.06. The summed E-state index contributed by atoms with van der Waals surface area (Å²) >= 11 is 0. The molecule has 1 saturated carbocycles. The Labute approximate surface area is 192 Å². The summed E-state index contributed by atoms with van der Waals surface area (Å²) in [6, 6.07) is 16.7. The Bertz CT molecular complexity index is 1360. The van der Waals surface area contributed by atoms with Crippen LogP contribution in [0.1, 0.15) is 48.8 Å². The highest BCUT2D eigenvalue weighted by atomic mass is 16.5. The van der Waals surface area contributed by atoms with Gasteiger partial charge in [-0.25, -0.2) is 15.0 Å². The molecule has 2 fully saturated rings. The van der Waals surface area contributed by atoms with Crippen LogP contribution >= 0.6 is 0 Å². The standard InChI is InChI=1S/C26H24N6O/c27-15-17-5-8-28-25(11-17)31-26-14-20(18-1-2-18)13-22(30-26)19-3-4-24-23(12-19)29-16-32(24)21-6-9-33-10-7-21/h3-5,8,11-14,16,18,21H,1-2,6-7,9-10H2,(H,28,30,31). The number of ether oxygens (including phenoxy) is 1. The molecule has 164 valence electrons. The van der Waals surface area contributed by atoms with Crippen LogP contribution in [-0.2, 0) is 4.74 Å². The van der Waals surface area contributed by atoms with Crippen LogP contribution in [0.4, 0.5) is 11.6 Å². The molecule has 0 bridgehead atoms. The van der Waals surface area contributed by atoms with Crippen molar-refractivity contribution in [3.63, 3.8) is 0 Å². The topological polar surface area (TPSA) is 88.7 Å². The van der Waals surface area contributed by atoms with Crippen molar-refractivity contribution in [3.8, 4) is 17.3 Å². The second-order valence-corrected chi connectivity index (χ2v) is 8.81. The molecule has 1 aliphatic carbocycles. The zero-order valence-corrected chi connectivity index (χ0v) is 18.2. The van der Waals surface area contributed by atoms with Crippen LogP contribution in [0.2, 0.25) is 0 Å². The monoisotopic (exact) mass is 436 g/mol. The lowest BCUT2D eigenvalue weighted by Crippen LogP contribution is -2.18. The summed E-state index contributed by atoms with van der Waals surface area (Å²) < 4.78 is 7.81. The first-order valence-electron chi connectivity index (χ1n) is 11.5. The maximum absolute atomic E-state index is 9.18. The van der Waals surface area contributed by atoms with E-state index in [-0.39, 0.29) is 0 Å². The molecule has 0 radical (unpaired) electrons. The molecule has 4 aromatic rings. The minimum atomic E-state index is 0.443. The number of hydrogen-bond donors (Lipinski definition) is 1. The van der Waals surface area contributed by atoms with Crippen LogP contribution < -0.4 is 5.32 Å². The van der Waals surface area contributed by atoms with Crippen molar-refractivity contribution >= 4 is 22.7 Å². The van der Waals surface area contributed by atoms with E-state index in [2.05, 4.69) is 51.3 Å². The van der Waals surface area contributed by atoms with E-state index in [9.17, 15) is 5.26 Å². The predicted molar refractivity (Wildman–Crippen MR) is 126 cm³/mol. The Kier molecular flexibility index (Phi) is 5.00. The van der Waals surface area contributed by atoms with E-state index >= 15 is 0 Å². The maximum Gasteiger partial charge on any atom is 0.132 e. The summed E-state index contributed by atoms with van der Waals surface area (Å²) in [7, 11) is 0. The van der Waals surface area contributed by atoms with Crippen molar-refractivity contribution in [2.45, 2.75) is 37.6 Å². The summed E-state index contributed by atoms with van der Waals surface area (Å²) in [6.45, 7) is 1.62. The third-order valence-electron chi connectivity index (χ3n) is 6.50. The molecule has 1 N–H and O–H groups in total. The van der Waals surface area contributed by atoms with Gasteiger partial charge in [0.1, 0.15) is 11.6 Å². The van der Waals surface area contributed by atoms with Gasteiger partial charge in [0.2, 0.25) is 0 Å². The summed E-state index contributed by atoms with van der Waals surface area (Å²) in [5.41, 5.74) is 5.95. The number of hydrogen-bond acceptors (Lipinski definition) is 6. The average Bonchev–Trinajstić information content (AvgIpc) is 3.63. The molecule has 33 heavy (non-hydrogen) atoms. The number of fused-ring (bicyclic) bond motifs is 1. The van der Waals surface area contributed by atoms with Crippen LogP contribution in [0.15, 0.2) is 55.0 Å². The van der Waals surface area contributed by atoms with Crippen molar-refractivity contribution in [1.82, 2.24) is 19.5 Å². The Morgan fingerprint density at radius 1 is 0.970 bits per heavy atom. The van der Waals surface area contributed by atoms with E-state index in [0.717, 1.165) is 54.2 Å². The smallest absolute Gasteiger partial charge is 0.132 e. The first-order chi connectivity index (χ1) is 16.3. The molecule has 0 atom stereocenters. The fourth-order valence-corrected chi connectivity index (χ4v) is 4.56. The number of nitrogens with one attached hydrogen (secondary N) is 1. The highest BCUT2D eigenvalue weighted by Gasteiger charge is 2.25. The normalized spacial score (nSPS) is 16.6. The van der Waals surface area contributed by atoms with Gasteiger partial charge in [-0.3, -0.25) is 0 Å². The third-order valence-corrected chi connectivity index (χ3v) is 6.50. The molecule has 1 aromatic carbocycles. The van der Waals surface area contributed by atoms with E-state index < -0.39 is 0 Å². The number of pyridine rings is 2. The molecule has 0 unspecified atom stereocenters. The van der Waals surface area contributed by atoms with Crippen LogP contribution in [0.5, 0.6) is 0 Å². The average molecular weight is 437 g/mol. The largest absolute Gasteiger partial charge is 0.381 e. The second kappa shape index (κ2) is 8.30. The quantitative estimate of drug-likeness (QED) is 0.454. The van der Waals surface area contributed by atoms with Crippen LogP contribution in [-0.4, -0.2) is 32.7 Å². The van der Waals surface area contributed by atoms with Crippen molar-refractivity contribution in [1.29, 1.82) is 5.26 Å². The van der Waals surface area contributed by atoms with Gasteiger partial charge in [-0.2, -0.15) is 5.26 Å². The fraction of sp³-hybridized carbons (Fsp3) is 0.308. The SMILES string of the molecule is N#Cc1ccnc(Nc2cc(C3CC3)cc(-c3ccc4c(c3)ncn4C3CCOCC3)n2)c1. The van der Waals surface area contributed by atoms with Crippen molar-refractivity contribution in [2.75, 3.05) is 18.5 Å². The van der Waals surface area contributed by atoms with Crippen molar-refractivity contribution in [2.24, 2.45) is 0 Å². The number of nitriles is 1. The molecule has 0 amide bonds. The lowest BCUT2D eigenvalue weighted by molar-refractivity contribution is 0.0706. The fourth-order valence-electron chi connectivity index (χ4n) is 4.56. The molecular weight excluding hydrogens is 412 g/mol. The highest BCUT2D eigenvalue weighted by Crippen LogP contribution is 2.42. The molecule has 6 rings (SSSR count). The van der Waals surface area contributed by atoms with E-state index in [0.29, 0.717) is 23.3 Å². The first-order valence-corrected chi connectivity index (χ1v) is 11.5. The van der Waals surface area contributed by atoms with E-state index in [1.54, 1.807) is 18.3 Å². The number of nitrogens with zero attached hydrogens (tertiary/aromatic N) is 5. The minimum absolute atomic E-state index is 0.443. The second-order valence-electron chi connectivity index (χ2n) is 8.81. The van der Waals surface area contributed by atoms with E-state index in [4.69, 9.17) is 14.7 Å². The van der Waals surface area contributed by atoms with Gasteiger partial charge in [0.05, 0.1) is 34.7 Å². The molecule has 0 spiro atoms. The number of imidazole rings is 1. The molecular formula is C26H24N6O. The van der Waals surface area contributed by atoms with Gasteiger partial charge in [0, 0.05) is 31.0 Å². The van der Waals surface area contributed by atoms with Gasteiger partial charge < -0.3 is 14.6 Å². The summed E-state index contributed by atoms with van der Waals surface area (Å²) in [4.78, 5) is 13.9. The minimum Gasteiger partial charge on any atom is -0.381 e. The Morgan fingerprint density at radius 2 is 1.85 bits per heavy atom. The van der Waals surface area contributed by atoms with Crippen LogP contribution in [0, 0.1) is 11.3 Å². The van der Waals surface area contributed by atoms with Gasteiger partial charge >= 0.3 is 0 Å². The lowest BCUT2D eigenvalue weighted by atomic mass is 10.0.